The summed E-state index contributed by atoms with van der Waals surface area (Å²) in [5.74, 6) is -0.150. The lowest BCUT2D eigenvalue weighted by atomic mass is 10.0. The summed E-state index contributed by atoms with van der Waals surface area (Å²) in [5, 5.41) is 3.78. The fourth-order valence-corrected chi connectivity index (χ4v) is 3.10. The zero-order chi connectivity index (χ0) is 19.1. The largest absolute Gasteiger partial charge is 0.476 e. The van der Waals surface area contributed by atoms with E-state index in [-0.39, 0.29) is 18.4 Å². The molecule has 5 nitrogen and oxygen atoms in total. The maximum absolute atomic E-state index is 12.8. The number of hydrogen-bond donors (Lipinski definition) is 1. The second-order valence-electron chi connectivity index (χ2n) is 6.62. The van der Waals surface area contributed by atoms with Crippen LogP contribution in [-0.4, -0.2) is 24.0 Å². The van der Waals surface area contributed by atoms with Gasteiger partial charge in [0.05, 0.1) is 5.69 Å². The molecule has 2 aromatic rings. The lowest BCUT2D eigenvalue weighted by molar-refractivity contribution is -0.133. The molecule has 1 heterocycles. The van der Waals surface area contributed by atoms with Gasteiger partial charge < -0.3 is 10.1 Å². The molecule has 0 spiro atoms. The van der Waals surface area contributed by atoms with Crippen LogP contribution in [0.5, 0.6) is 5.75 Å². The lowest BCUT2D eigenvalue weighted by Crippen LogP contribution is -2.54. The van der Waals surface area contributed by atoms with Gasteiger partial charge in [0.2, 0.25) is 5.91 Å². The number of fused-ring (bicyclic) bond motifs is 1. The number of carbonyl (C=O) groups excluding carboxylic acids is 2. The molecule has 2 amide bonds. The Morgan fingerprint density at radius 2 is 1.81 bits per heavy atom. The smallest absolute Gasteiger partial charge is 0.271 e. The van der Waals surface area contributed by atoms with Crippen LogP contribution in [0.1, 0.15) is 19.4 Å². The Kier molecular flexibility index (Phi) is 4.86. The summed E-state index contributed by atoms with van der Waals surface area (Å²) in [6, 6.07) is 10.2. The number of ether oxygens (including phenoxy) is 1. The van der Waals surface area contributed by atoms with E-state index in [2.05, 4.69) is 5.32 Å². The minimum absolute atomic E-state index is 0.162. The number of hydrogen-bond acceptors (Lipinski definition) is 3. The van der Waals surface area contributed by atoms with Crippen LogP contribution < -0.4 is 15.0 Å². The highest BCUT2D eigenvalue weighted by molar-refractivity contribution is 6.31. The molecule has 0 fully saturated rings. The Morgan fingerprint density at radius 3 is 2.54 bits per heavy atom. The molecule has 0 aliphatic carbocycles. The molecule has 0 saturated heterocycles. The molecular formula is C19H18Cl2N2O3. The molecule has 2 aromatic carbocycles. The normalized spacial score (nSPS) is 15.3. The number of amides is 2. The van der Waals surface area contributed by atoms with Gasteiger partial charge in [-0.15, -0.1) is 0 Å². The number of halogens is 2. The minimum atomic E-state index is -1.08. The van der Waals surface area contributed by atoms with E-state index < -0.39 is 5.60 Å². The van der Waals surface area contributed by atoms with Gasteiger partial charge in [-0.1, -0.05) is 29.3 Å². The van der Waals surface area contributed by atoms with Crippen molar-refractivity contribution in [3.05, 3.63) is 52.0 Å². The molecule has 3 rings (SSSR count). The van der Waals surface area contributed by atoms with Crippen LogP contribution in [0, 0.1) is 6.92 Å². The maximum atomic E-state index is 12.8. The van der Waals surface area contributed by atoms with Crippen LogP contribution in [0.2, 0.25) is 10.0 Å². The Hall–Kier alpha value is -2.24. The third-order valence-electron chi connectivity index (χ3n) is 4.11. The number of anilines is 2. The summed E-state index contributed by atoms with van der Waals surface area (Å²) >= 11 is 12.0. The molecule has 1 aliphatic rings. The van der Waals surface area contributed by atoms with Gasteiger partial charge in [-0.05, 0) is 56.7 Å². The van der Waals surface area contributed by atoms with Crippen molar-refractivity contribution in [2.75, 3.05) is 16.8 Å². The van der Waals surface area contributed by atoms with Crippen LogP contribution in [0.15, 0.2) is 36.4 Å². The van der Waals surface area contributed by atoms with Crippen LogP contribution in [-0.2, 0) is 9.59 Å². The van der Waals surface area contributed by atoms with E-state index in [0.717, 1.165) is 5.56 Å². The van der Waals surface area contributed by atoms with Gasteiger partial charge in [-0.3, -0.25) is 14.5 Å². The Bertz CT molecular complexity index is 896. The van der Waals surface area contributed by atoms with Crippen molar-refractivity contribution in [2.45, 2.75) is 26.4 Å². The molecule has 0 atom stereocenters. The molecule has 136 valence electrons. The molecule has 0 saturated carbocycles. The van der Waals surface area contributed by atoms with E-state index in [1.54, 1.807) is 44.2 Å². The average molecular weight is 393 g/mol. The monoisotopic (exact) mass is 392 g/mol. The first-order chi connectivity index (χ1) is 12.2. The van der Waals surface area contributed by atoms with Crippen LogP contribution in [0.4, 0.5) is 11.4 Å². The third-order valence-corrected chi connectivity index (χ3v) is 4.58. The Labute approximate surface area is 161 Å². The summed E-state index contributed by atoms with van der Waals surface area (Å²) in [5.41, 5.74) is 0.876. The Morgan fingerprint density at radius 1 is 1.15 bits per heavy atom. The van der Waals surface area contributed by atoms with Crippen molar-refractivity contribution in [2.24, 2.45) is 0 Å². The van der Waals surface area contributed by atoms with Gasteiger partial charge in [0.25, 0.3) is 5.91 Å². The third kappa shape index (κ3) is 3.64. The molecule has 1 N–H and O–H groups in total. The van der Waals surface area contributed by atoms with E-state index in [9.17, 15) is 9.59 Å². The fourth-order valence-electron chi connectivity index (χ4n) is 2.76. The van der Waals surface area contributed by atoms with E-state index in [1.165, 1.54) is 4.90 Å². The number of benzene rings is 2. The molecule has 0 bridgehead atoms. The molecule has 26 heavy (non-hydrogen) atoms. The number of carbonyl (C=O) groups is 2. The Balaban J connectivity index is 1.88. The van der Waals surface area contributed by atoms with E-state index in [4.69, 9.17) is 27.9 Å². The topological polar surface area (TPSA) is 58.6 Å². The van der Waals surface area contributed by atoms with Crippen LogP contribution >= 0.6 is 23.2 Å². The van der Waals surface area contributed by atoms with Crippen molar-refractivity contribution in [3.8, 4) is 5.75 Å². The molecule has 0 radical (unpaired) electrons. The number of rotatable bonds is 3. The molecule has 7 heteroatoms. The summed E-state index contributed by atoms with van der Waals surface area (Å²) in [6.45, 7) is 5.03. The van der Waals surface area contributed by atoms with Gasteiger partial charge in [0.1, 0.15) is 12.3 Å². The van der Waals surface area contributed by atoms with Crippen LogP contribution in [0.3, 0.4) is 0 Å². The zero-order valence-electron chi connectivity index (χ0n) is 14.6. The van der Waals surface area contributed by atoms with Gasteiger partial charge >= 0.3 is 0 Å². The highest BCUT2D eigenvalue weighted by atomic mass is 35.5. The maximum Gasteiger partial charge on any atom is 0.271 e. The quantitative estimate of drug-likeness (QED) is 0.839. The number of nitrogens with zero attached hydrogens (tertiary/aromatic N) is 1. The fraction of sp³-hybridized carbons (Fsp3) is 0.263. The first kappa shape index (κ1) is 18.5. The SMILES string of the molecule is Cc1ccc(Cl)cc1NC(=O)CN1C(=O)C(C)(C)Oc2ccc(Cl)cc21. The standard InChI is InChI=1S/C19H18Cl2N2O3/c1-11-4-5-12(20)8-14(11)22-17(24)10-23-15-9-13(21)6-7-16(15)26-19(2,3)18(23)25/h4-9H,10H2,1-3H3,(H,22,24). The first-order valence-electron chi connectivity index (χ1n) is 8.04. The highest BCUT2D eigenvalue weighted by Gasteiger charge is 2.41. The predicted molar refractivity (Wildman–Crippen MR) is 103 cm³/mol. The van der Waals surface area contributed by atoms with Crippen molar-refractivity contribution in [1.82, 2.24) is 0 Å². The molecule has 0 aromatic heterocycles. The van der Waals surface area contributed by atoms with Gasteiger partial charge in [-0.25, -0.2) is 0 Å². The number of aryl methyl sites for hydroxylation is 1. The van der Waals surface area contributed by atoms with E-state index in [0.29, 0.717) is 27.2 Å². The zero-order valence-corrected chi connectivity index (χ0v) is 16.1. The summed E-state index contributed by atoms with van der Waals surface area (Å²) in [6.07, 6.45) is 0. The van der Waals surface area contributed by atoms with Gasteiger partial charge in [-0.2, -0.15) is 0 Å². The van der Waals surface area contributed by atoms with E-state index >= 15 is 0 Å². The summed E-state index contributed by atoms with van der Waals surface area (Å²) in [4.78, 5) is 26.7. The average Bonchev–Trinajstić information content (AvgIpc) is 2.56. The number of nitrogens with one attached hydrogen (secondary N) is 1. The minimum Gasteiger partial charge on any atom is -0.476 e. The molecular weight excluding hydrogens is 375 g/mol. The predicted octanol–water partition coefficient (Wildman–Crippen LogP) is 4.44. The van der Waals surface area contributed by atoms with Gasteiger partial charge in [0.15, 0.2) is 5.60 Å². The molecule has 1 aliphatic heterocycles. The van der Waals surface area contributed by atoms with Crippen molar-refractivity contribution in [1.29, 1.82) is 0 Å². The van der Waals surface area contributed by atoms with Gasteiger partial charge in [0, 0.05) is 15.7 Å². The highest BCUT2D eigenvalue weighted by Crippen LogP contribution is 2.39. The first-order valence-corrected chi connectivity index (χ1v) is 8.79. The van der Waals surface area contributed by atoms with E-state index in [1.807, 2.05) is 13.0 Å². The summed E-state index contributed by atoms with van der Waals surface area (Å²) in [7, 11) is 0. The second-order valence-corrected chi connectivity index (χ2v) is 7.50. The lowest BCUT2D eigenvalue weighted by Gasteiger charge is -2.38. The summed E-state index contributed by atoms with van der Waals surface area (Å²) < 4.78 is 5.75. The second kappa shape index (κ2) is 6.82. The van der Waals surface area contributed by atoms with Crippen molar-refractivity contribution in [3.63, 3.8) is 0 Å². The van der Waals surface area contributed by atoms with Crippen molar-refractivity contribution >= 4 is 46.4 Å². The van der Waals surface area contributed by atoms with Crippen molar-refractivity contribution < 1.29 is 14.3 Å². The molecule has 0 unspecified atom stereocenters. The van der Waals surface area contributed by atoms with Crippen LogP contribution in [0.25, 0.3) is 0 Å².